The van der Waals surface area contributed by atoms with Crippen LogP contribution in [0.3, 0.4) is 0 Å². The number of hydrogen-bond acceptors (Lipinski definition) is 5. The van der Waals surface area contributed by atoms with E-state index in [1.165, 1.54) is 24.3 Å². The largest absolute Gasteiger partial charge is 0.416 e. The fraction of sp³-hybridized carbons (Fsp3) is 0.111. The normalized spacial score (nSPS) is 11.1. The number of benzene rings is 1. The third kappa shape index (κ3) is 5.00. The van der Waals surface area contributed by atoms with Crippen LogP contribution in [0.2, 0.25) is 0 Å². The third-order valence-corrected chi connectivity index (χ3v) is 3.56. The highest BCUT2D eigenvalue weighted by molar-refractivity contribution is 5.92. The molecule has 9 heteroatoms. The summed E-state index contributed by atoms with van der Waals surface area (Å²) >= 11 is 0. The average molecular weight is 373 g/mol. The lowest BCUT2D eigenvalue weighted by Gasteiger charge is -2.09. The van der Waals surface area contributed by atoms with Crippen LogP contribution >= 0.6 is 0 Å². The minimum absolute atomic E-state index is 0.122. The maximum atomic E-state index is 12.6. The second kappa shape index (κ2) is 7.81. The van der Waals surface area contributed by atoms with Gasteiger partial charge >= 0.3 is 6.18 Å². The monoisotopic (exact) mass is 373 g/mol. The van der Waals surface area contributed by atoms with Crippen molar-refractivity contribution in [1.29, 1.82) is 0 Å². The SMILES string of the molecule is O=C(NCc1cccnc1)c1ccc(Nc2ccc(C(F)(F)F)cc2)nn1. The first kappa shape index (κ1) is 18.3. The van der Waals surface area contributed by atoms with Crippen molar-refractivity contribution in [2.24, 2.45) is 0 Å². The highest BCUT2D eigenvalue weighted by Crippen LogP contribution is 2.30. The molecule has 0 aliphatic carbocycles. The Morgan fingerprint density at radius 2 is 1.78 bits per heavy atom. The first-order valence-corrected chi connectivity index (χ1v) is 7.87. The molecule has 0 radical (unpaired) electrons. The van der Waals surface area contributed by atoms with E-state index < -0.39 is 17.6 Å². The minimum atomic E-state index is -4.39. The molecule has 1 amide bonds. The zero-order valence-electron chi connectivity index (χ0n) is 13.9. The Balaban J connectivity index is 1.59. The predicted octanol–water partition coefficient (Wildman–Crippen LogP) is 3.56. The molecule has 27 heavy (non-hydrogen) atoms. The van der Waals surface area contributed by atoms with Gasteiger partial charge in [-0.3, -0.25) is 9.78 Å². The van der Waals surface area contributed by atoms with E-state index in [4.69, 9.17) is 0 Å². The van der Waals surface area contributed by atoms with Crippen LogP contribution in [0.5, 0.6) is 0 Å². The van der Waals surface area contributed by atoms with E-state index in [0.717, 1.165) is 17.7 Å². The molecule has 1 aromatic carbocycles. The Bertz CT molecular complexity index is 897. The summed E-state index contributed by atoms with van der Waals surface area (Å²) in [7, 11) is 0. The minimum Gasteiger partial charge on any atom is -0.347 e. The molecular weight excluding hydrogens is 359 g/mol. The summed E-state index contributed by atoms with van der Waals surface area (Å²) in [4.78, 5) is 16.0. The lowest BCUT2D eigenvalue weighted by molar-refractivity contribution is -0.137. The Morgan fingerprint density at radius 3 is 2.37 bits per heavy atom. The Kier molecular flexibility index (Phi) is 5.30. The first-order chi connectivity index (χ1) is 12.9. The fourth-order valence-corrected chi connectivity index (χ4v) is 2.19. The molecule has 0 saturated heterocycles. The Labute approximate surface area is 152 Å². The number of nitrogens with one attached hydrogen (secondary N) is 2. The van der Waals surface area contributed by atoms with Gasteiger partial charge < -0.3 is 10.6 Å². The molecule has 0 aliphatic rings. The molecule has 2 heterocycles. The second-order valence-corrected chi connectivity index (χ2v) is 5.55. The molecule has 0 bridgehead atoms. The van der Waals surface area contributed by atoms with Gasteiger partial charge in [-0.1, -0.05) is 6.07 Å². The molecule has 0 aliphatic heterocycles. The standard InChI is InChI=1S/C18H14F3N5O/c19-18(20,21)13-3-5-14(6-4-13)24-16-8-7-15(25-26-16)17(27)23-11-12-2-1-9-22-10-12/h1-10H,11H2,(H,23,27)(H,24,26). The van der Waals surface area contributed by atoms with Crippen LogP contribution in [0.1, 0.15) is 21.6 Å². The Hall–Kier alpha value is -3.49. The Morgan fingerprint density at radius 1 is 1.00 bits per heavy atom. The van der Waals surface area contributed by atoms with Crippen molar-refractivity contribution in [3.63, 3.8) is 0 Å². The van der Waals surface area contributed by atoms with Gasteiger partial charge in [-0.05, 0) is 48.0 Å². The summed E-state index contributed by atoms with van der Waals surface area (Å²) in [5, 5.41) is 13.2. The van der Waals surface area contributed by atoms with E-state index in [1.807, 2.05) is 6.07 Å². The topological polar surface area (TPSA) is 79.8 Å². The molecule has 0 fully saturated rings. The number of anilines is 2. The van der Waals surface area contributed by atoms with Crippen molar-refractivity contribution in [2.45, 2.75) is 12.7 Å². The van der Waals surface area contributed by atoms with Crippen LogP contribution in [0.15, 0.2) is 60.9 Å². The molecule has 0 atom stereocenters. The highest BCUT2D eigenvalue weighted by Gasteiger charge is 2.29. The summed E-state index contributed by atoms with van der Waals surface area (Å²) in [6.45, 7) is 0.305. The van der Waals surface area contributed by atoms with Crippen molar-refractivity contribution >= 4 is 17.4 Å². The molecular formula is C18H14F3N5O. The fourth-order valence-electron chi connectivity index (χ4n) is 2.19. The number of pyridine rings is 1. The van der Waals surface area contributed by atoms with E-state index >= 15 is 0 Å². The lowest BCUT2D eigenvalue weighted by Crippen LogP contribution is -2.24. The number of aromatic nitrogens is 3. The maximum Gasteiger partial charge on any atom is 0.416 e. The van der Waals surface area contributed by atoms with Gasteiger partial charge in [0.15, 0.2) is 11.5 Å². The van der Waals surface area contributed by atoms with Gasteiger partial charge in [-0.15, -0.1) is 10.2 Å². The number of rotatable bonds is 5. The lowest BCUT2D eigenvalue weighted by atomic mass is 10.2. The van der Waals surface area contributed by atoms with E-state index in [1.54, 1.807) is 18.5 Å². The number of amides is 1. The summed E-state index contributed by atoms with van der Waals surface area (Å²) in [6.07, 6.45) is -1.11. The third-order valence-electron chi connectivity index (χ3n) is 3.56. The molecule has 3 rings (SSSR count). The van der Waals surface area contributed by atoms with Crippen molar-refractivity contribution in [3.05, 3.63) is 77.7 Å². The van der Waals surface area contributed by atoms with Crippen molar-refractivity contribution in [2.75, 3.05) is 5.32 Å². The first-order valence-electron chi connectivity index (χ1n) is 7.87. The number of nitrogens with zero attached hydrogens (tertiary/aromatic N) is 3. The molecule has 3 aromatic rings. The number of carbonyl (C=O) groups excluding carboxylic acids is 1. The smallest absolute Gasteiger partial charge is 0.347 e. The van der Waals surface area contributed by atoms with Crippen molar-refractivity contribution in [3.8, 4) is 0 Å². The number of hydrogen-bond donors (Lipinski definition) is 2. The number of alkyl halides is 3. The van der Waals surface area contributed by atoms with Gasteiger partial charge in [0.25, 0.3) is 5.91 Å². The average Bonchev–Trinajstić information content (AvgIpc) is 2.67. The molecule has 0 saturated carbocycles. The number of carbonyl (C=O) groups is 1. The zero-order chi connectivity index (χ0) is 19.3. The molecule has 138 valence electrons. The summed E-state index contributed by atoms with van der Waals surface area (Å²) in [5.41, 5.74) is 0.655. The van der Waals surface area contributed by atoms with E-state index in [2.05, 4.69) is 25.8 Å². The maximum absolute atomic E-state index is 12.6. The second-order valence-electron chi connectivity index (χ2n) is 5.55. The van der Waals surface area contributed by atoms with Gasteiger partial charge in [0.1, 0.15) is 0 Å². The highest BCUT2D eigenvalue weighted by atomic mass is 19.4. The molecule has 0 unspecified atom stereocenters. The summed E-state index contributed by atoms with van der Waals surface area (Å²) < 4.78 is 37.7. The number of halogens is 3. The molecule has 2 aromatic heterocycles. The van der Waals surface area contributed by atoms with Crippen LogP contribution < -0.4 is 10.6 Å². The predicted molar refractivity (Wildman–Crippen MR) is 92.2 cm³/mol. The van der Waals surface area contributed by atoms with Gasteiger partial charge in [-0.2, -0.15) is 13.2 Å². The van der Waals surface area contributed by atoms with Gasteiger partial charge in [0.2, 0.25) is 0 Å². The van der Waals surface area contributed by atoms with Gasteiger partial charge in [0.05, 0.1) is 5.56 Å². The van der Waals surface area contributed by atoms with Gasteiger partial charge in [-0.25, -0.2) is 0 Å². The zero-order valence-corrected chi connectivity index (χ0v) is 13.9. The van der Waals surface area contributed by atoms with Gasteiger partial charge in [0, 0.05) is 24.6 Å². The summed E-state index contributed by atoms with van der Waals surface area (Å²) in [5.74, 6) is -0.0917. The van der Waals surface area contributed by atoms with Crippen LogP contribution in [0, 0.1) is 0 Å². The summed E-state index contributed by atoms with van der Waals surface area (Å²) in [6, 6.07) is 11.1. The molecule has 2 N–H and O–H groups in total. The van der Waals surface area contributed by atoms with E-state index in [0.29, 0.717) is 18.1 Å². The van der Waals surface area contributed by atoms with Crippen LogP contribution in [0.4, 0.5) is 24.7 Å². The van der Waals surface area contributed by atoms with Crippen molar-refractivity contribution in [1.82, 2.24) is 20.5 Å². The van der Waals surface area contributed by atoms with E-state index in [-0.39, 0.29) is 5.69 Å². The molecule has 0 spiro atoms. The quantitative estimate of drug-likeness (QED) is 0.715. The van der Waals surface area contributed by atoms with E-state index in [9.17, 15) is 18.0 Å². The van der Waals surface area contributed by atoms with Crippen LogP contribution in [-0.4, -0.2) is 21.1 Å². The van der Waals surface area contributed by atoms with Crippen LogP contribution in [-0.2, 0) is 12.7 Å². The van der Waals surface area contributed by atoms with Crippen molar-refractivity contribution < 1.29 is 18.0 Å². The van der Waals surface area contributed by atoms with Crippen LogP contribution in [0.25, 0.3) is 0 Å². The molecule has 6 nitrogen and oxygen atoms in total.